The van der Waals surface area contributed by atoms with E-state index in [2.05, 4.69) is 4.90 Å². The van der Waals surface area contributed by atoms with Gasteiger partial charge in [-0.2, -0.15) is 0 Å². The summed E-state index contributed by atoms with van der Waals surface area (Å²) in [5.41, 5.74) is 0.584. The highest BCUT2D eigenvalue weighted by Gasteiger charge is 2.14. The van der Waals surface area contributed by atoms with Crippen LogP contribution >= 0.6 is 23.2 Å². The van der Waals surface area contributed by atoms with E-state index in [0.717, 1.165) is 19.6 Å². The lowest BCUT2D eigenvalue weighted by Gasteiger charge is -2.19. The second-order valence-corrected chi connectivity index (χ2v) is 5.90. The second kappa shape index (κ2) is 7.28. The summed E-state index contributed by atoms with van der Waals surface area (Å²) in [6.45, 7) is 3.06. The molecule has 2 nitrogen and oxygen atoms in total. The number of nitrogens with zero attached hydrogens (tertiary/aromatic N) is 1. The lowest BCUT2D eigenvalue weighted by molar-refractivity contribution is 0.0965. The zero-order chi connectivity index (χ0) is 13.7. The van der Waals surface area contributed by atoms with Crippen LogP contribution in [0.2, 0.25) is 10.0 Å². The summed E-state index contributed by atoms with van der Waals surface area (Å²) in [7, 11) is 0. The zero-order valence-electron chi connectivity index (χ0n) is 11.0. The van der Waals surface area contributed by atoms with Gasteiger partial charge in [-0.3, -0.25) is 4.79 Å². The van der Waals surface area contributed by atoms with E-state index in [1.807, 2.05) is 0 Å². The van der Waals surface area contributed by atoms with Crippen molar-refractivity contribution < 1.29 is 4.79 Å². The molecule has 4 heteroatoms. The Morgan fingerprint density at radius 2 is 1.79 bits per heavy atom. The Balaban J connectivity index is 1.89. The lowest BCUT2D eigenvalue weighted by atomic mass is 10.1. The Bertz CT molecular complexity index is 440. The Hall–Kier alpha value is -0.570. The first kappa shape index (κ1) is 14.8. The van der Waals surface area contributed by atoms with Gasteiger partial charge >= 0.3 is 0 Å². The molecule has 1 saturated heterocycles. The number of rotatable bonds is 4. The molecule has 19 heavy (non-hydrogen) atoms. The molecule has 2 rings (SSSR count). The van der Waals surface area contributed by atoms with Crippen LogP contribution in [0.15, 0.2) is 18.2 Å². The van der Waals surface area contributed by atoms with Crippen LogP contribution in [0.4, 0.5) is 0 Å². The van der Waals surface area contributed by atoms with E-state index in [-0.39, 0.29) is 5.78 Å². The summed E-state index contributed by atoms with van der Waals surface area (Å²) >= 11 is 11.9. The molecule has 0 atom stereocenters. The number of carbonyl (C=O) groups excluding carboxylic acids is 1. The first-order chi connectivity index (χ1) is 9.16. The molecule has 0 radical (unpaired) electrons. The Morgan fingerprint density at radius 1 is 1.11 bits per heavy atom. The van der Waals surface area contributed by atoms with Gasteiger partial charge in [-0.05, 0) is 44.1 Å². The van der Waals surface area contributed by atoms with Gasteiger partial charge in [-0.1, -0.05) is 36.0 Å². The van der Waals surface area contributed by atoms with Gasteiger partial charge in [0.2, 0.25) is 0 Å². The molecule has 0 N–H and O–H groups in total. The van der Waals surface area contributed by atoms with Gasteiger partial charge in [-0.15, -0.1) is 0 Å². The van der Waals surface area contributed by atoms with Gasteiger partial charge < -0.3 is 4.90 Å². The first-order valence-electron chi connectivity index (χ1n) is 6.87. The molecule has 1 aliphatic rings. The maximum Gasteiger partial charge on any atom is 0.165 e. The summed E-state index contributed by atoms with van der Waals surface area (Å²) in [5.74, 6) is 0.103. The highest BCUT2D eigenvalue weighted by Crippen LogP contribution is 2.22. The first-order valence-corrected chi connectivity index (χ1v) is 7.63. The van der Waals surface area contributed by atoms with E-state index in [4.69, 9.17) is 23.2 Å². The molecule has 0 unspecified atom stereocenters. The number of hydrogen-bond acceptors (Lipinski definition) is 2. The van der Waals surface area contributed by atoms with Crippen molar-refractivity contribution in [3.8, 4) is 0 Å². The van der Waals surface area contributed by atoms with Crippen molar-refractivity contribution in [3.63, 3.8) is 0 Å². The monoisotopic (exact) mass is 299 g/mol. The molecule has 0 amide bonds. The van der Waals surface area contributed by atoms with E-state index in [9.17, 15) is 4.79 Å². The number of Topliss-reactive ketones (excluding diaryl/α,β-unsaturated/α-hetero) is 1. The van der Waals surface area contributed by atoms with Crippen molar-refractivity contribution in [2.24, 2.45) is 0 Å². The Labute approximate surface area is 124 Å². The maximum atomic E-state index is 12.2. The summed E-state index contributed by atoms with van der Waals surface area (Å²) < 4.78 is 0. The lowest BCUT2D eigenvalue weighted by Crippen LogP contribution is -2.27. The average molecular weight is 300 g/mol. The average Bonchev–Trinajstić information content (AvgIpc) is 2.64. The van der Waals surface area contributed by atoms with Gasteiger partial charge in [0.1, 0.15) is 0 Å². The summed E-state index contributed by atoms with van der Waals surface area (Å²) in [5, 5.41) is 1.02. The van der Waals surface area contributed by atoms with E-state index in [1.54, 1.807) is 18.2 Å². The molecule has 0 bridgehead atoms. The predicted molar refractivity (Wildman–Crippen MR) is 80.3 cm³/mol. The Morgan fingerprint density at radius 3 is 2.42 bits per heavy atom. The molecule has 1 heterocycles. The van der Waals surface area contributed by atoms with Gasteiger partial charge in [0, 0.05) is 23.6 Å². The van der Waals surface area contributed by atoms with Crippen LogP contribution in [-0.2, 0) is 0 Å². The largest absolute Gasteiger partial charge is 0.303 e. The maximum absolute atomic E-state index is 12.2. The van der Waals surface area contributed by atoms with Crippen LogP contribution in [0.5, 0.6) is 0 Å². The molecule has 0 saturated carbocycles. The topological polar surface area (TPSA) is 20.3 Å². The highest BCUT2D eigenvalue weighted by atomic mass is 35.5. The minimum atomic E-state index is 0.103. The Kier molecular flexibility index (Phi) is 5.68. The molecular weight excluding hydrogens is 281 g/mol. The number of carbonyl (C=O) groups is 1. The van der Waals surface area contributed by atoms with E-state index >= 15 is 0 Å². The third kappa shape index (κ3) is 4.48. The zero-order valence-corrected chi connectivity index (χ0v) is 12.5. The van der Waals surface area contributed by atoms with Crippen molar-refractivity contribution in [1.82, 2.24) is 4.90 Å². The van der Waals surface area contributed by atoms with Gasteiger partial charge in [0.05, 0.1) is 5.02 Å². The van der Waals surface area contributed by atoms with Crippen LogP contribution in [0.3, 0.4) is 0 Å². The van der Waals surface area contributed by atoms with Gasteiger partial charge in [0.25, 0.3) is 0 Å². The van der Waals surface area contributed by atoms with E-state index in [0.29, 0.717) is 22.0 Å². The molecule has 1 aromatic rings. The molecule has 1 fully saturated rings. The molecule has 104 valence electrons. The third-order valence-corrected chi connectivity index (χ3v) is 4.13. The smallest absolute Gasteiger partial charge is 0.165 e. The highest BCUT2D eigenvalue weighted by molar-refractivity contribution is 6.36. The number of likely N-dealkylation sites (tertiary alicyclic amines) is 1. The van der Waals surface area contributed by atoms with Crippen LogP contribution in [0.1, 0.15) is 42.5 Å². The van der Waals surface area contributed by atoms with Crippen molar-refractivity contribution in [3.05, 3.63) is 33.8 Å². The number of benzene rings is 1. The SMILES string of the molecule is O=C(CCN1CCCCCC1)c1ccc(Cl)cc1Cl. The molecule has 0 aromatic heterocycles. The van der Waals surface area contributed by atoms with Crippen LogP contribution < -0.4 is 0 Å². The fourth-order valence-corrected chi connectivity index (χ4v) is 2.98. The van der Waals surface area contributed by atoms with Crippen molar-refractivity contribution in [2.45, 2.75) is 32.1 Å². The summed E-state index contributed by atoms with van der Waals surface area (Å²) in [4.78, 5) is 14.5. The molecular formula is C15H19Cl2NO. The standard InChI is InChI=1S/C15H19Cl2NO/c16-12-5-6-13(14(17)11-12)15(19)7-10-18-8-3-1-2-4-9-18/h5-6,11H,1-4,7-10H2. The van der Waals surface area contributed by atoms with Crippen LogP contribution in [0.25, 0.3) is 0 Å². The minimum Gasteiger partial charge on any atom is -0.303 e. The number of ketones is 1. The minimum absolute atomic E-state index is 0.103. The van der Waals surface area contributed by atoms with Crippen molar-refractivity contribution in [2.75, 3.05) is 19.6 Å². The fourth-order valence-electron chi connectivity index (χ4n) is 2.47. The normalized spacial score (nSPS) is 17.2. The third-order valence-electron chi connectivity index (χ3n) is 3.59. The van der Waals surface area contributed by atoms with Gasteiger partial charge in [0.15, 0.2) is 5.78 Å². The molecule has 0 aliphatic carbocycles. The quantitative estimate of drug-likeness (QED) is 0.766. The van der Waals surface area contributed by atoms with Crippen molar-refractivity contribution in [1.29, 1.82) is 0 Å². The predicted octanol–water partition coefficient (Wildman–Crippen LogP) is 4.44. The van der Waals surface area contributed by atoms with E-state index < -0.39 is 0 Å². The van der Waals surface area contributed by atoms with E-state index in [1.165, 1.54) is 25.7 Å². The molecule has 0 spiro atoms. The number of halogens is 2. The van der Waals surface area contributed by atoms with Gasteiger partial charge in [-0.25, -0.2) is 0 Å². The molecule has 1 aliphatic heterocycles. The van der Waals surface area contributed by atoms with Crippen LogP contribution in [0, 0.1) is 0 Å². The fraction of sp³-hybridized carbons (Fsp3) is 0.533. The van der Waals surface area contributed by atoms with Crippen LogP contribution in [-0.4, -0.2) is 30.3 Å². The summed E-state index contributed by atoms with van der Waals surface area (Å²) in [6.07, 6.45) is 5.65. The molecule has 1 aromatic carbocycles. The number of hydrogen-bond donors (Lipinski definition) is 0. The van der Waals surface area contributed by atoms with Crippen molar-refractivity contribution >= 4 is 29.0 Å². The second-order valence-electron chi connectivity index (χ2n) is 5.05. The summed E-state index contributed by atoms with van der Waals surface area (Å²) in [6, 6.07) is 5.06.